The summed E-state index contributed by atoms with van der Waals surface area (Å²) >= 11 is 0. The molecule has 0 saturated carbocycles. The Hall–Kier alpha value is -1.94. The van der Waals surface area contributed by atoms with Crippen molar-refractivity contribution in [2.24, 2.45) is 5.73 Å². The van der Waals surface area contributed by atoms with E-state index >= 15 is 0 Å². The highest BCUT2D eigenvalue weighted by molar-refractivity contribution is 5.30. The van der Waals surface area contributed by atoms with E-state index in [4.69, 9.17) is 20.0 Å². The maximum Gasteiger partial charge on any atom is 0.119 e. The molecule has 4 nitrogen and oxygen atoms in total. The Morgan fingerprint density at radius 3 is 2.65 bits per heavy atom. The zero-order valence-electron chi connectivity index (χ0n) is 9.37. The zero-order valence-corrected chi connectivity index (χ0v) is 9.37. The van der Waals surface area contributed by atoms with Gasteiger partial charge in [0.2, 0.25) is 0 Å². The van der Waals surface area contributed by atoms with Crippen LogP contribution in [0, 0.1) is 0 Å². The minimum absolute atomic E-state index is 0.116. The number of furan rings is 1. The zero-order chi connectivity index (χ0) is 12.1. The third kappa shape index (κ3) is 3.53. The lowest BCUT2D eigenvalue weighted by Gasteiger charge is -2.11. The number of phenolic OH excluding ortho intramolecular Hbond substituents is 1. The molecule has 0 aliphatic heterocycles. The van der Waals surface area contributed by atoms with Crippen molar-refractivity contribution in [1.82, 2.24) is 0 Å². The van der Waals surface area contributed by atoms with Gasteiger partial charge < -0.3 is 20.0 Å². The van der Waals surface area contributed by atoms with Crippen LogP contribution in [0.5, 0.6) is 11.5 Å². The van der Waals surface area contributed by atoms with Crippen molar-refractivity contribution in [2.75, 3.05) is 6.61 Å². The number of rotatable bonds is 5. The molecule has 0 saturated heterocycles. The van der Waals surface area contributed by atoms with Crippen LogP contribution in [0.4, 0.5) is 0 Å². The minimum atomic E-state index is -0.116. The van der Waals surface area contributed by atoms with Crippen molar-refractivity contribution in [3.63, 3.8) is 0 Å². The fourth-order valence-corrected chi connectivity index (χ4v) is 1.49. The molecule has 0 aliphatic carbocycles. The predicted octanol–water partition coefficient (Wildman–Crippen LogP) is 1.93. The standard InChI is InChI=1S/C13H15NO3/c14-10(8-13-2-1-7-16-13)9-17-12-5-3-11(15)4-6-12/h1-7,10,15H,8-9,14H2. The predicted molar refractivity (Wildman–Crippen MR) is 64.0 cm³/mol. The van der Waals surface area contributed by atoms with Crippen LogP contribution in [-0.4, -0.2) is 17.8 Å². The molecule has 1 unspecified atom stereocenters. The number of phenols is 1. The number of ether oxygens (including phenoxy) is 1. The Kier molecular flexibility index (Phi) is 3.67. The van der Waals surface area contributed by atoms with Crippen LogP contribution < -0.4 is 10.5 Å². The van der Waals surface area contributed by atoms with E-state index in [0.717, 1.165) is 5.76 Å². The summed E-state index contributed by atoms with van der Waals surface area (Å²) < 4.78 is 10.7. The molecule has 1 aromatic carbocycles. The van der Waals surface area contributed by atoms with Gasteiger partial charge >= 0.3 is 0 Å². The van der Waals surface area contributed by atoms with Gasteiger partial charge in [0.05, 0.1) is 6.26 Å². The Bertz CT molecular complexity index is 436. The largest absolute Gasteiger partial charge is 0.508 e. The summed E-state index contributed by atoms with van der Waals surface area (Å²) in [5.41, 5.74) is 5.91. The van der Waals surface area contributed by atoms with Crippen molar-refractivity contribution < 1.29 is 14.3 Å². The first-order valence-electron chi connectivity index (χ1n) is 5.44. The number of benzene rings is 1. The monoisotopic (exact) mass is 233 g/mol. The average molecular weight is 233 g/mol. The lowest BCUT2D eigenvalue weighted by molar-refractivity contribution is 0.281. The molecule has 1 atom stereocenters. The van der Waals surface area contributed by atoms with Crippen LogP contribution in [0.25, 0.3) is 0 Å². The lowest BCUT2D eigenvalue weighted by atomic mass is 10.2. The van der Waals surface area contributed by atoms with Crippen molar-refractivity contribution in [1.29, 1.82) is 0 Å². The van der Waals surface area contributed by atoms with Gasteiger partial charge in [-0.3, -0.25) is 0 Å². The quantitative estimate of drug-likeness (QED) is 0.828. The summed E-state index contributed by atoms with van der Waals surface area (Å²) in [5.74, 6) is 1.77. The van der Waals surface area contributed by atoms with Crippen LogP contribution in [0.2, 0.25) is 0 Å². The molecule has 0 fully saturated rings. The number of hydrogen-bond donors (Lipinski definition) is 2. The third-order valence-corrected chi connectivity index (χ3v) is 2.34. The van der Waals surface area contributed by atoms with Crippen LogP contribution in [0.3, 0.4) is 0 Å². The summed E-state index contributed by atoms with van der Waals surface area (Å²) in [5, 5.41) is 9.11. The molecule has 90 valence electrons. The van der Waals surface area contributed by atoms with Gasteiger partial charge in [-0.05, 0) is 36.4 Å². The minimum Gasteiger partial charge on any atom is -0.508 e. The van der Waals surface area contributed by atoms with E-state index < -0.39 is 0 Å². The van der Waals surface area contributed by atoms with Gasteiger partial charge in [0, 0.05) is 12.5 Å². The van der Waals surface area contributed by atoms with Gasteiger partial charge in [-0.15, -0.1) is 0 Å². The molecule has 4 heteroatoms. The number of aromatic hydroxyl groups is 1. The van der Waals surface area contributed by atoms with Gasteiger partial charge in [0.25, 0.3) is 0 Å². The topological polar surface area (TPSA) is 68.6 Å². The molecule has 3 N–H and O–H groups in total. The SMILES string of the molecule is NC(COc1ccc(O)cc1)Cc1ccco1. The highest BCUT2D eigenvalue weighted by Crippen LogP contribution is 2.16. The van der Waals surface area contributed by atoms with E-state index in [-0.39, 0.29) is 11.8 Å². The molecule has 1 heterocycles. The molecule has 17 heavy (non-hydrogen) atoms. The van der Waals surface area contributed by atoms with Crippen molar-refractivity contribution in [2.45, 2.75) is 12.5 Å². The van der Waals surface area contributed by atoms with Gasteiger partial charge in [0.15, 0.2) is 0 Å². The highest BCUT2D eigenvalue weighted by atomic mass is 16.5. The molecule has 0 bridgehead atoms. The van der Waals surface area contributed by atoms with Crippen LogP contribution in [0.15, 0.2) is 47.1 Å². The first-order valence-corrected chi connectivity index (χ1v) is 5.44. The third-order valence-electron chi connectivity index (χ3n) is 2.34. The summed E-state index contributed by atoms with van der Waals surface area (Å²) in [6.45, 7) is 0.408. The van der Waals surface area contributed by atoms with E-state index in [1.54, 1.807) is 30.5 Å². The Labute approximate surface area is 99.6 Å². The second-order valence-corrected chi connectivity index (χ2v) is 3.85. The average Bonchev–Trinajstić information content (AvgIpc) is 2.81. The summed E-state index contributed by atoms with van der Waals surface area (Å²) in [7, 11) is 0. The van der Waals surface area contributed by atoms with Gasteiger partial charge in [-0.1, -0.05) is 0 Å². The molecular formula is C13H15NO3. The summed E-state index contributed by atoms with van der Waals surface area (Å²) in [6.07, 6.45) is 2.27. The van der Waals surface area contributed by atoms with E-state index in [2.05, 4.69) is 0 Å². The molecule has 0 radical (unpaired) electrons. The lowest BCUT2D eigenvalue weighted by Crippen LogP contribution is -2.29. The molecule has 2 rings (SSSR count). The maximum absolute atomic E-state index is 9.11. The molecule has 1 aromatic heterocycles. The number of nitrogens with two attached hydrogens (primary N) is 1. The van der Waals surface area contributed by atoms with Crippen molar-refractivity contribution in [3.8, 4) is 11.5 Å². The second kappa shape index (κ2) is 5.41. The van der Waals surface area contributed by atoms with Gasteiger partial charge in [-0.2, -0.15) is 0 Å². The van der Waals surface area contributed by atoms with E-state index in [9.17, 15) is 0 Å². The molecule has 0 amide bonds. The first kappa shape index (κ1) is 11.5. The Morgan fingerprint density at radius 2 is 2.00 bits per heavy atom. The van der Waals surface area contributed by atoms with Gasteiger partial charge in [-0.25, -0.2) is 0 Å². The number of hydrogen-bond acceptors (Lipinski definition) is 4. The fraction of sp³-hybridized carbons (Fsp3) is 0.231. The smallest absolute Gasteiger partial charge is 0.119 e. The highest BCUT2D eigenvalue weighted by Gasteiger charge is 2.07. The van der Waals surface area contributed by atoms with Crippen LogP contribution in [0.1, 0.15) is 5.76 Å². The maximum atomic E-state index is 9.11. The molecule has 0 aliphatic rings. The van der Waals surface area contributed by atoms with Crippen molar-refractivity contribution in [3.05, 3.63) is 48.4 Å². The van der Waals surface area contributed by atoms with Crippen molar-refractivity contribution >= 4 is 0 Å². The Balaban J connectivity index is 1.79. The molecule has 0 spiro atoms. The summed E-state index contributed by atoms with van der Waals surface area (Å²) in [6, 6.07) is 10.2. The van der Waals surface area contributed by atoms with Gasteiger partial charge in [0.1, 0.15) is 23.9 Å². The molecule has 2 aromatic rings. The Morgan fingerprint density at radius 1 is 1.24 bits per heavy atom. The van der Waals surface area contributed by atoms with Crippen LogP contribution in [-0.2, 0) is 6.42 Å². The fourth-order valence-electron chi connectivity index (χ4n) is 1.49. The molecular weight excluding hydrogens is 218 g/mol. The van der Waals surface area contributed by atoms with E-state index in [1.807, 2.05) is 12.1 Å². The summed E-state index contributed by atoms with van der Waals surface area (Å²) in [4.78, 5) is 0. The second-order valence-electron chi connectivity index (χ2n) is 3.85. The first-order chi connectivity index (χ1) is 8.24. The van der Waals surface area contributed by atoms with E-state index in [0.29, 0.717) is 18.8 Å². The van der Waals surface area contributed by atoms with Crippen LogP contribution >= 0.6 is 0 Å². The normalized spacial score (nSPS) is 12.3. The van der Waals surface area contributed by atoms with E-state index in [1.165, 1.54) is 0 Å².